The Hall–Kier alpha value is -1.26. The van der Waals surface area contributed by atoms with E-state index in [-0.39, 0.29) is 36.2 Å². The Balaban J connectivity index is 2.25. The number of hydrogen-bond acceptors (Lipinski definition) is 4. The van der Waals surface area contributed by atoms with Gasteiger partial charge in [-0.25, -0.2) is 0 Å². The van der Waals surface area contributed by atoms with Gasteiger partial charge in [-0.05, 0) is 48.5 Å². The second kappa shape index (κ2) is 6.48. The highest BCUT2D eigenvalue weighted by atomic mass is 16.5. The van der Waals surface area contributed by atoms with Crippen LogP contribution in [0.2, 0.25) is 0 Å². The first-order valence-corrected chi connectivity index (χ1v) is 9.49. The molecule has 0 bridgehead atoms. The van der Waals surface area contributed by atoms with Crippen molar-refractivity contribution in [2.75, 3.05) is 20.3 Å². The number of aliphatic hydroxyl groups excluding tert-OH is 2. The molecule has 0 saturated heterocycles. The number of benzene rings is 1. The standard InChI is InChI=1S/C21H32O4/c1-13(2)15-10-14-6-7-16-20(3,11-22)8-5-9-21(16,12-23)17(14)18(24)19(15)25-4/h10,13,16,22-24H,5-9,11-12H2,1-4H3. The number of fused-ring (bicyclic) bond motifs is 3. The summed E-state index contributed by atoms with van der Waals surface area (Å²) in [6.45, 7) is 6.44. The zero-order valence-electron chi connectivity index (χ0n) is 15.9. The summed E-state index contributed by atoms with van der Waals surface area (Å²) in [4.78, 5) is 0. The summed E-state index contributed by atoms with van der Waals surface area (Å²) in [5, 5.41) is 31.7. The molecule has 4 heteroatoms. The van der Waals surface area contributed by atoms with Gasteiger partial charge in [-0.3, -0.25) is 0 Å². The summed E-state index contributed by atoms with van der Waals surface area (Å²) in [6.07, 6.45) is 4.56. The fraction of sp³-hybridized carbons (Fsp3) is 0.714. The number of methoxy groups -OCH3 is 1. The number of rotatable bonds is 4. The van der Waals surface area contributed by atoms with Gasteiger partial charge in [0.15, 0.2) is 11.5 Å². The zero-order chi connectivity index (χ0) is 18.4. The topological polar surface area (TPSA) is 69.9 Å². The third-order valence-electron chi connectivity index (χ3n) is 6.91. The van der Waals surface area contributed by atoms with Crippen molar-refractivity contribution in [2.24, 2.45) is 11.3 Å². The molecule has 1 saturated carbocycles. The van der Waals surface area contributed by atoms with E-state index in [0.29, 0.717) is 5.75 Å². The van der Waals surface area contributed by atoms with Crippen LogP contribution in [0.15, 0.2) is 6.07 Å². The predicted octanol–water partition coefficient (Wildman–Crippen LogP) is 3.50. The molecule has 0 amide bonds. The molecule has 0 aliphatic heterocycles. The van der Waals surface area contributed by atoms with Crippen LogP contribution in [-0.2, 0) is 11.8 Å². The second-order valence-corrected chi connectivity index (χ2v) is 8.61. The molecule has 1 aromatic carbocycles. The maximum atomic E-state index is 11.1. The lowest BCUT2D eigenvalue weighted by Gasteiger charge is -2.55. The van der Waals surface area contributed by atoms with E-state index in [1.54, 1.807) is 7.11 Å². The molecule has 0 spiro atoms. The van der Waals surface area contributed by atoms with E-state index in [0.717, 1.165) is 48.8 Å². The summed E-state index contributed by atoms with van der Waals surface area (Å²) in [7, 11) is 1.60. The summed E-state index contributed by atoms with van der Waals surface area (Å²) in [5.74, 6) is 1.16. The van der Waals surface area contributed by atoms with Crippen LogP contribution >= 0.6 is 0 Å². The third kappa shape index (κ3) is 2.57. The van der Waals surface area contributed by atoms with Crippen LogP contribution in [0.3, 0.4) is 0 Å². The van der Waals surface area contributed by atoms with Gasteiger partial charge >= 0.3 is 0 Å². The van der Waals surface area contributed by atoms with Gasteiger partial charge in [0.1, 0.15) is 0 Å². The van der Waals surface area contributed by atoms with Gasteiger partial charge in [-0.2, -0.15) is 0 Å². The van der Waals surface area contributed by atoms with E-state index in [2.05, 4.69) is 26.8 Å². The van der Waals surface area contributed by atoms with Gasteiger partial charge in [0.25, 0.3) is 0 Å². The first-order valence-electron chi connectivity index (χ1n) is 9.49. The molecule has 3 unspecified atom stereocenters. The normalized spacial score (nSPS) is 31.6. The molecule has 0 aromatic heterocycles. The molecule has 0 heterocycles. The Bertz CT molecular complexity index is 654. The van der Waals surface area contributed by atoms with E-state index >= 15 is 0 Å². The van der Waals surface area contributed by atoms with E-state index in [1.165, 1.54) is 0 Å². The summed E-state index contributed by atoms with van der Waals surface area (Å²) in [5.41, 5.74) is 2.32. The van der Waals surface area contributed by atoms with Crippen molar-refractivity contribution in [2.45, 2.75) is 64.2 Å². The Labute approximate surface area is 150 Å². The van der Waals surface area contributed by atoms with Crippen molar-refractivity contribution in [1.82, 2.24) is 0 Å². The number of aliphatic hydroxyl groups is 2. The number of hydrogen-bond donors (Lipinski definition) is 3. The van der Waals surface area contributed by atoms with Crippen LogP contribution in [0.5, 0.6) is 11.5 Å². The van der Waals surface area contributed by atoms with Crippen LogP contribution in [-0.4, -0.2) is 35.6 Å². The van der Waals surface area contributed by atoms with Gasteiger partial charge in [-0.15, -0.1) is 0 Å². The molecule has 1 fully saturated rings. The van der Waals surface area contributed by atoms with Crippen molar-refractivity contribution in [1.29, 1.82) is 0 Å². The van der Waals surface area contributed by atoms with Crippen LogP contribution in [0, 0.1) is 11.3 Å². The number of phenolic OH excluding ortho intramolecular Hbond substituents is 1. The number of ether oxygens (including phenoxy) is 1. The first-order chi connectivity index (χ1) is 11.8. The molecule has 2 aliphatic rings. The molecule has 1 aromatic rings. The molecule has 3 rings (SSSR count). The molecule has 2 aliphatic carbocycles. The Morgan fingerprint density at radius 2 is 1.96 bits per heavy atom. The van der Waals surface area contributed by atoms with E-state index < -0.39 is 5.41 Å². The highest BCUT2D eigenvalue weighted by molar-refractivity contribution is 5.60. The van der Waals surface area contributed by atoms with Gasteiger partial charge < -0.3 is 20.1 Å². The van der Waals surface area contributed by atoms with E-state index in [4.69, 9.17) is 4.74 Å². The van der Waals surface area contributed by atoms with Crippen molar-refractivity contribution >= 4 is 0 Å². The van der Waals surface area contributed by atoms with Gasteiger partial charge in [-0.1, -0.05) is 33.3 Å². The molecule has 4 nitrogen and oxygen atoms in total. The largest absolute Gasteiger partial charge is 0.504 e. The van der Waals surface area contributed by atoms with Gasteiger partial charge in [0, 0.05) is 23.1 Å². The molecule has 0 radical (unpaired) electrons. The second-order valence-electron chi connectivity index (χ2n) is 8.61. The van der Waals surface area contributed by atoms with Crippen molar-refractivity contribution in [3.05, 3.63) is 22.8 Å². The fourth-order valence-corrected chi connectivity index (χ4v) is 5.63. The Morgan fingerprint density at radius 3 is 2.52 bits per heavy atom. The smallest absolute Gasteiger partial charge is 0.164 e. The minimum atomic E-state index is -0.490. The van der Waals surface area contributed by atoms with Crippen molar-refractivity contribution in [3.8, 4) is 11.5 Å². The molecule has 3 N–H and O–H groups in total. The molecule has 140 valence electrons. The average molecular weight is 348 g/mol. The van der Waals surface area contributed by atoms with Crippen LogP contribution in [0.4, 0.5) is 0 Å². The number of phenols is 1. The monoisotopic (exact) mass is 348 g/mol. The van der Waals surface area contributed by atoms with Crippen LogP contribution in [0.25, 0.3) is 0 Å². The summed E-state index contributed by atoms with van der Waals surface area (Å²) in [6, 6.07) is 2.16. The lowest BCUT2D eigenvalue weighted by atomic mass is 9.49. The minimum Gasteiger partial charge on any atom is -0.504 e. The maximum Gasteiger partial charge on any atom is 0.164 e. The first kappa shape index (κ1) is 18.5. The summed E-state index contributed by atoms with van der Waals surface area (Å²) >= 11 is 0. The predicted molar refractivity (Wildman–Crippen MR) is 98.4 cm³/mol. The molecule has 25 heavy (non-hydrogen) atoms. The van der Waals surface area contributed by atoms with E-state index in [1.807, 2.05) is 0 Å². The average Bonchev–Trinajstić information content (AvgIpc) is 2.60. The number of aryl methyl sites for hydroxylation is 1. The van der Waals surface area contributed by atoms with Crippen molar-refractivity contribution in [3.63, 3.8) is 0 Å². The Morgan fingerprint density at radius 1 is 1.24 bits per heavy atom. The van der Waals surface area contributed by atoms with Gasteiger partial charge in [0.2, 0.25) is 0 Å². The lowest BCUT2D eigenvalue weighted by Crippen LogP contribution is -2.54. The zero-order valence-corrected chi connectivity index (χ0v) is 15.9. The minimum absolute atomic E-state index is 0.00199. The van der Waals surface area contributed by atoms with E-state index in [9.17, 15) is 15.3 Å². The quantitative estimate of drug-likeness (QED) is 0.779. The fourth-order valence-electron chi connectivity index (χ4n) is 5.63. The molecule has 3 atom stereocenters. The SMILES string of the molecule is COc1c(C(C)C)cc2c(c1O)C1(CO)CCCC(C)(CO)C1CC2. The number of aromatic hydroxyl groups is 1. The van der Waals surface area contributed by atoms with Crippen molar-refractivity contribution < 1.29 is 20.1 Å². The molecular formula is C21H32O4. The lowest BCUT2D eigenvalue weighted by molar-refractivity contribution is -0.0467. The highest BCUT2D eigenvalue weighted by Crippen LogP contribution is 2.60. The molecular weight excluding hydrogens is 316 g/mol. The van der Waals surface area contributed by atoms with Crippen LogP contribution in [0.1, 0.15) is 69.1 Å². The van der Waals surface area contributed by atoms with Crippen LogP contribution < -0.4 is 4.74 Å². The third-order valence-corrected chi connectivity index (χ3v) is 6.91. The Kier molecular flexibility index (Phi) is 4.80. The maximum absolute atomic E-state index is 11.1. The summed E-state index contributed by atoms with van der Waals surface area (Å²) < 4.78 is 5.57. The highest BCUT2D eigenvalue weighted by Gasteiger charge is 2.55. The van der Waals surface area contributed by atoms with Gasteiger partial charge in [0.05, 0.1) is 13.7 Å².